The average Bonchev–Trinajstić information content (AvgIpc) is 3.40. The van der Waals surface area contributed by atoms with E-state index in [2.05, 4.69) is 10.3 Å². The second kappa shape index (κ2) is 10.8. The molecule has 3 aromatic rings. The number of rotatable bonds is 8. The number of ether oxygens (including phenoxy) is 3. The Kier molecular flexibility index (Phi) is 7.46. The summed E-state index contributed by atoms with van der Waals surface area (Å²) in [7, 11) is 1.78. The standard InChI is InChI=1S/C25H25N3O10S/c1-28-15-9-13(37-24-20(31)18(29)19(30)21(38-24)23(33)34)6-7-14(15)26-17(28)10-36-12-4-2-11(3-5-12)8-16-22(32)27-25(35)39-16/h2-7,9,16,18-21,24,29-31H,8,10H2,1H3,(H,33,34)(H,27,32,35)/t16?,18-,19+,20?,21?,24+/m0/s1. The molecule has 2 aromatic carbocycles. The van der Waals surface area contributed by atoms with Crippen LogP contribution in [0.1, 0.15) is 11.4 Å². The van der Waals surface area contributed by atoms with Crippen molar-refractivity contribution in [2.45, 2.75) is 49.0 Å². The third-order valence-electron chi connectivity index (χ3n) is 6.49. The minimum Gasteiger partial charge on any atom is -0.486 e. The number of nitrogens with zero attached hydrogens (tertiary/aromatic N) is 2. The van der Waals surface area contributed by atoms with Crippen LogP contribution in [0, 0.1) is 0 Å². The summed E-state index contributed by atoms with van der Waals surface area (Å²) < 4.78 is 18.4. The van der Waals surface area contributed by atoms with Gasteiger partial charge in [0.1, 0.15) is 42.2 Å². The topological polar surface area (TPSA) is 190 Å². The van der Waals surface area contributed by atoms with Crippen LogP contribution in [0.2, 0.25) is 0 Å². The van der Waals surface area contributed by atoms with Crippen LogP contribution in [0.15, 0.2) is 42.5 Å². The molecule has 2 amide bonds. The fraction of sp³-hybridized carbons (Fsp3) is 0.360. The van der Waals surface area contributed by atoms with E-state index in [1.807, 2.05) is 12.1 Å². The van der Waals surface area contributed by atoms with Crippen molar-refractivity contribution in [2.24, 2.45) is 7.05 Å². The lowest BCUT2D eigenvalue weighted by molar-refractivity contribution is -0.271. The van der Waals surface area contributed by atoms with Crippen LogP contribution in [0.4, 0.5) is 4.79 Å². The van der Waals surface area contributed by atoms with Crippen LogP contribution in [0.5, 0.6) is 11.5 Å². The van der Waals surface area contributed by atoms with E-state index in [-0.39, 0.29) is 23.5 Å². The first-order valence-corrected chi connectivity index (χ1v) is 12.8. The number of thioether (sulfide) groups is 1. The minimum absolute atomic E-state index is 0.144. The Hall–Kier alpha value is -3.69. The molecule has 0 saturated carbocycles. The lowest BCUT2D eigenvalue weighted by Crippen LogP contribution is -2.61. The fourth-order valence-electron chi connectivity index (χ4n) is 4.32. The van der Waals surface area contributed by atoms with Crippen LogP contribution in [0.3, 0.4) is 0 Å². The van der Waals surface area contributed by atoms with Crippen LogP contribution < -0.4 is 14.8 Å². The molecule has 39 heavy (non-hydrogen) atoms. The summed E-state index contributed by atoms with van der Waals surface area (Å²) in [5.74, 6) is -0.376. The van der Waals surface area contributed by atoms with E-state index in [0.29, 0.717) is 29.0 Å². The van der Waals surface area contributed by atoms with E-state index in [1.165, 1.54) is 0 Å². The summed E-state index contributed by atoms with van der Waals surface area (Å²) in [5, 5.41) is 40.8. The number of carbonyl (C=O) groups is 3. The van der Waals surface area contributed by atoms with Gasteiger partial charge in [-0.15, -0.1) is 0 Å². The molecule has 0 aliphatic carbocycles. The lowest BCUT2D eigenvalue weighted by atomic mass is 9.99. The third-order valence-corrected chi connectivity index (χ3v) is 7.47. The normalized spacial score (nSPS) is 27.0. The number of carboxylic acids is 1. The molecule has 2 saturated heterocycles. The number of benzene rings is 2. The second-order valence-corrected chi connectivity index (χ2v) is 10.3. The molecular formula is C25H25N3O10S. The van der Waals surface area contributed by atoms with E-state index in [9.17, 15) is 34.8 Å². The Morgan fingerprint density at radius 1 is 1.08 bits per heavy atom. The largest absolute Gasteiger partial charge is 0.486 e. The van der Waals surface area contributed by atoms with Crippen molar-refractivity contribution in [3.63, 3.8) is 0 Å². The lowest BCUT2D eigenvalue weighted by Gasteiger charge is -2.38. The molecule has 5 rings (SSSR count). The highest BCUT2D eigenvalue weighted by molar-refractivity contribution is 8.15. The first-order valence-electron chi connectivity index (χ1n) is 11.9. The predicted octanol–water partition coefficient (Wildman–Crippen LogP) is 0.317. The molecule has 6 atom stereocenters. The SMILES string of the molecule is Cn1c(COc2ccc(CC3SC(=O)NC3=O)cc2)nc2ccc(O[C@@H]3OC(C(=O)O)[C@H](O)[C@H](O)C3O)cc21. The van der Waals surface area contributed by atoms with Gasteiger partial charge in [-0.25, -0.2) is 9.78 Å². The zero-order valence-corrected chi connectivity index (χ0v) is 21.3. The summed E-state index contributed by atoms with van der Waals surface area (Å²) in [6.07, 6.45) is -8.12. The van der Waals surface area contributed by atoms with Gasteiger partial charge in [0.2, 0.25) is 12.2 Å². The van der Waals surface area contributed by atoms with E-state index in [1.54, 1.807) is 41.9 Å². The number of aliphatic hydroxyl groups excluding tert-OH is 3. The number of nitrogens with one attached hydrogen (secondary N) is 1. The number of carboxylic acid groups (broad SMARTS) is 1. The number of carbonyl (C=O) groups excluding carboxylic acids is 2. The predicted molar refractivity (Wildman–Crippen MR) is 135 cm³/mol. The van der Waals surface area contributed by atoms with Gasteiger partial charge in [-0.05, 0) is 36.2 Å². The first kappa shape index (κ1) is 26.9. The molecular weight excluding hydrogens is 534 g/mol. The maximum Gasteiger partial charge on any atom is 0.335 e. The van der Waals surface area contributed by atoms with Gasteiger partial charge in [0.05, 0.1) is 16.3 Å². The zero-order valence-electron chi connectivity index (χ0n) is 20.5. The molecule has 0 spiro atoms. The van der Waals surface area contributed by atoms with Crippen molar-refractivity contribution in [3.05, 3.63) is 53.9 Å². The van der Waals surface area contributed by atoms with Crippen molar-refractivity contribution in [3.8, 4) is 11.5 Å². The molecule has 206 valence electrons. The number of imidazole rings is 1. The van der Waals surface area contributed by atoms with Crippen LogP contribution >= 0.6 is 11.8 Å². The summed E-state index contributed by atoms with van der Waals surface area (Å²) >= 11 is 0.981. The molecule has 2 fully saturated rings. The molecule has 0 radical (unpaired) electrons. The smallest absolute Gasteiger partial charge is 0.335 e. The molecule has 2 aliphatic rings. The van der Waals surface area contributed by atoms with Crippen LogP contribution in [0.25, 0.3) is 11.0 Å². The van der Waals surface area contributed by atoms with Gasteiger partial charge in [-0.2, -0.15) is 0 Å². The van der Waals surface area contributed by atoms with E-state index in [4.69, 9.17) is 14.2 Å². The Morgan fingerprint density at radius 2 is 1.79 bits per heavy atom. The summed E-state index contributed by atoms with van der Waals surface area (Å²) in [5.41, 5.74) is 2.18. The average molecular weight is 560 g/mol. The van der Waals surface area contributed by atoms with Gasteiger partial charge in [0.25, 0.3) is 5.24 Å². The van der Waals surface area contributed by atoms with Crippen molar-refractivity contribution >= 4 is 39.9 Å². The molecule has 14 heteroatoms. The summed E-state index contributed by atoms with van der Waals surface area (Å²) in [6, 6.07) is 12.0. The molecule has 3 heterocycles. The zero-order chi connectivity index (χ0) is 27.8. The van der Waals surface area contributed by atoms with Crippen LogP contribution in [-0.2, 0) is 34.4 Å². The van der Waals surface area contributed by atoms with Gasteiger partial charge < -0.3 is 39.2 Å². The molecule has 1 aromatic heterocycles. The monoisotopic (exact) mass is 559 g/mol. The minimum atomic E-state index is -1.81. The quantitative estimate of drug-likeness (QED) is 0.254. The van der Waals surface area contributed by atoms with Gasteiger partial charge >= 0.3 is 5.97 Å². The van der Waals surface area contributed by atoms with Crippen molar-refractivity contribution in [1.82, 2.24) is 14.9 Å². The van der Waals surface area contributed by atoms with Crippen molar-refractivity contribution in [2.75, 3.05) is 0 Å². The number of fused-ring (bicyclic) bond motifs is 1. The Morgan fingerprint density at radius 3 is 2.46 bits per heavy atom. The highest BCUT2D eigenvalue weighted by atomic mass is 32.2. The maximum atomic E-state index is 11.8. The molecule has 5 N–H and O–H groups in total. The molecule has 2 aliphatic heterocycles. The summed E-state index contributed by atoms with van der Waals surface area (Å²) in [4.78, 5) is 39.0. The van der Waals surface area contributed by atoms with Crippen molar-refractivity contribution < 1.29 is 49.0 Å². The van der Waals surface area contributed by atoms with Crippen molar-refractivity contribution in [1.29, 1.82) is 0 Å². The number of imide groups is 1. The highest BCUT2D eigenvalue weighted by Crippen LogP contribution is 2.28. The van der Waals surface area contributed by atoms with E-state index < -0.39 is 41.9 Å². The van der Waals surface area contributed by atoms with E-state index in [0.717, 1.165) is 17.3 Å². The molecule has 3 unspecified atom stereocenters. The number of aliphatic carboxylic acids is 1. The van der Waals surface area contributed by atoms with E-state index >= 15 is 0 Å². The number of hydrogen-bond donors (Lipinski definition) is 5. The Balaban J connectivity index is 1.23. The van der Waals surface area contributed by atoms with Gasteiger partial charge in [0.15, 0.2) is 6.10 Å². The van der Waals surface area contributed by atoms with Gasteiger partial charge in [-0.3, -0.25) is 14.9 Å². The van der Waals surface area contributed by atoms with Gasteiger partial charge in [0, 0.05) is 13.1 Å². The number of aryl methyl sites for hydroxylation is 1. The Bertz CT molecular complexity index is 1410. The number of hydrogen-bond acceptors (Lipinski definition) is 11. The second-order valence-electron chi connectivity index (χ2n) is 9.11. The fourth-order valence-corrected chi connectivity index (χ4v) is 5.18. The first-order chi connectivity index (χ1) is 18.6. The summed E-state index contributed by atoms with van der Waals surface area (Å²) in [6.45, 7) is 0.144. The third kappa shape index (κ3) is 5.55. The van der Waals surface area contributed by atoms with Gasteiger partial charge in [-0.1, -0.05) is 23.9 Å². The number of amides is 2. The number of aromatic nitrogens is 2. The number of aliphatic hydroxyl groups is 3. The van der Waals surface area contributed by atoms with Crippen LogP contribution in [-0.4, -0.2) is 83.0 Å². The molecule has 13 nitrogen and oxygen atoms in total. The highest BCUT2D eigenvalue weighted by Gasteiger charge is 2.48. The Labute approximate surface area is 225 Å². The molecule has 0 bridgehead atoms. The maximum absolute atomic E-state index is 11.8.